The molecule has 0 aliphatic rings. The van der Waals surface area contributed by atoms with E-state index in [1.165, 1.54) is 6.92 Å². The lowest BCUT2D eigenvalue weighted by Crippen LogP contribution is -2.23. The number of nitrogens with one attached hydrogen (secondary N) is 2. The van der Waals surface area contributed by atoms with Crippen molar-refractivity contribution >= 4 is 28.4 Å². The summed E-state index contributed by atoms with van der Waals surface area (Å²) in [5, 5.41) is 6.57. The summed E-state index contributed by atoms with van der Waals surface area (Å²) in [6.07, 6.45) is 1.76. The Labute approximate surface area is 139 Å². The van der Waals surface area contributed by atoms with Gasteiger partial charge >= 0.3 is 0 Å². The van der Waals surface area contributed by atoms with Crippen molar-refractivity contribution in [3.8, 4) is 0 Å². The molecule has 5 nitrogen and oxygen atoms in total. The smallest absolute Gasteiger partial charge is 0.251 e. The van der Waals surface area contributed by atoms with Crippen LogP contribution in [0.15, 0.2) is 60.8 Å². The minimum absolute atomic E-state index is 0.171. The average molecular weight is 319 g/mol. The topological polar surface area (TPSA) is 71.1 Å². The SMILES string of the molecule is CC(=O)Nc1cccc(C(=O)NCc2cnc3ccccc3c2)c1. The van der Waals surface area contributed by atoms with Gasteiger partial charge in [-0.3, -0.25) is 14.6 Å². The Kier molecular flexibility index (Phi) is 4.52. The van der Waals surface area contributed by atoms with E-state index in [2.05, 4.69) is 15.6 Å². The van der Waals surface area contributed by atoms with E-state index in [1.807, 2.05) is 30.3 Å². The summed E-state index contributed by atoms with van der Waals surface area (Å²) in [5.41, 5.74) is 2.95. The molecule has 3 aromatic rings. The molecule has 0 spiro atoms. The molecular formula is C19H17N3O2. The molecule has 0 fully saturated rings. The first-order chi connectivity index (χ1) is 11.6. The van der Waals surface area contributed by atoms with Gasteiger partial charge in [0.15, 0.2) is 0 Å². The van der Waals surface area contributed by atoms with Crippen molar-refractivity contribution in [3.63, 3.8) is 0 Å². The molecule has 3 rings (SSSR count). The van der Waals surface area contributed by atoms with E-state index in [4.69, 9.17) is 0 Å². The molecule has 120 valence electrons. The third-order valence-corrected chi connectivity index (χ3v) is 3.55. The van der Waals surface area contributed by atoms with Crippen molar-refractivity contribution in [2.75, 3.05) is 5.32 Å². The lowest BCUT2D eigenvalue weighted by atomic mass is 10.1. The van der Waals surface area contributed by atoms with Crippen molar-refractivity contribution in [2.45, 2.75) is 13.5 Å². The number of amides is 2. The third-order valence-electron chi connectivity index (χ3n) is 3.55. The van der Waals surface area contributed by atoms with Gasteiger partial charge in [-0.05, 0) is 35.9 Å². The molecule has 0 saturated heterocycles. The van der Waals surface area contributed by atoms with Crippen LogP contribution in [0.4, 0.5) is 5.69 Å². The van der Waals surface area contributed by atoms with Crippen LogP contribution in [0.2, 0.25) is 0 Å². The van der Waals surface area contributed by atoms with Gasteiger partial charge in [-0.1, -0.05) is 24.3 Å². The minimum atomic E-state index is -0.199. The number of fused-ring (bicyclic) bond motifs is 1. The molecule has 5 heteroatoms. The third kappa shape index (κ3) is 3.76. The summed E-state index contributed by atoms with van der Waals surface area (Å²) in [4.78, 5) is 27.7. The molecule has 0 bridgehead atoms. The van der Waals surface area contributed by atoms with Gasteiger partial charge in [-0.25, -0.2) is 0 Å². The highest BCUT2D eigenvalue weighted by molar-refractivity contribution is 5.96. The minimum Gasteiger partial charge on any atom is -0.348 e. The maximum atomic E-state index is 12.3. The number of hydrogen-bond donors (Lipinski definition) is 2. The molecule has 1 heterocycles. The zero-order valence-corrected chi connectivity index (χ0v) is 13.2. The second-order valence-corrected chi connectivity index (χ2v) is 5.48. The number of aromatic nitrogens is 1. The highest BCUT2D eigenvalue weighted by atomic mass is 16.2. The second kappa shape index (κ2) is 6.91. The van der Waals surface area contributed by atoms with Crippen LogP contribution in [0.1, 0.15) is 22.8 Å². The monoisotopic (exact) mass is 319 g/mol. The molecule has 0 radical (unpaired) electrons. The summed E-state index contributed by atoms with van der Waals surface area (Å²) >= 11 is 0. The van der Waals surface area contributed by atoms with Crippen molar-refractivity contribution in [1.82, 2.24) is 10.3 Å². The Balaban J connectivity index is 1.69. The van der Waals surface area contributed by atoms with Crippen LogP contribution < -0.4 is 10.6 Å². The number of hydrogen-bond acceptors (Lipinski definition) is 3. The summed E-state index contributed by atoms with van der Waals surface area (Å²) < 4.78 is 0. The van der Waals surface area contributed by atoms with Gasteiger partial charge in [0.25, 0.3) is 5.91 Å². The molecule has 0 aliphatic carbocycles. The number of anilines is 1. The van der Waals surface area contributed by atoms with Crippen molar-refractivity contribution < 1.29 is 9.59 Å². The molecule has 0 atom stereocenters. The van der Waals surface area contributed by atoms with Crippen LogP contribution in [-0.4, -0.2) is 16.8 Å². The molecule has 0 aliphatic heterocycles. The molecule has 24 heavy (non-hydrogen) atoms. The van der Waals surface area contributed by atoms with Crippen LogP contribution in [0, 0.1) is 0 Å². The van der Waals surface area contributed by atoms with Crippen LogP contribution >= 0.6 is 0 Å². The number of rotatable bonds is 4. The molecule has 2 N–H and O–H groups in total. The molecule has 0 saturated carbocycles. The number of pyridine rings is 1. The number of benzene rings is 2. The van der Waals surface area contributed by atoms with Crippen LogP contribution in [0.25, 0.3) is 10.9 Å². The van der Waals surface area contributed by atoms with E-state index in [9.17, 15) is 9.59 Å². The standard InChI is InChI=1S/C19H17N3O2/c1-13(23)22-17-7-4-6-16(10-17)19(24)21-12-14-9-15-5-2-3-8-18(15)20-11-14/h2-11H,12H2,1H3,(H,21,24)(H,22,23). The highest BCUT2D eigenvalue weighted by Crippen LogP contribution is 2.13. The van der Waals surface area contributed by atoms with Crippen LogP contribution in [0.5, 0.6) is 0 Å². The van der Waals surface area contributed by atoms with Crippen molar-refractivity contribution in [2.24, 2.45) is 0 Å². The molecule has 0 unspecified atom stereocenters. The molecule has 2 amide bonds. The zero-order chi connectivity index (χ0) is 16.9. The summed E-state index contributed by atoms with van der Waals surface area (Å²) in [6, 6.07) is 16.7. The predicted octanol–water partition coefficient (Wildman–Crippen LogP) is 3.12. The maximum absolute atomic E-state index is 12.3. The predicted molar refractivity (Wildman–Crippen MR) is 93.7 cm³/mol. The summed E-state index contributed by atoms with van der Waals surface area (Å²) in [6.45, 7) is 1.82. The molecule has 2 aromatic carbocycles. The first kappa shape index (κ1) is 15.7. The lowest BCUT2D eigenvalue weighted by molar-refractivity contribution is -0.114. The van der Waals surface area contributed by atoms with Crippen molar-refractivity contribution in [1.29, 1.82) is 0 Å². The Morgan fingerprint density at radius 1 is 1.04 bits per heavy atom. The van der Waals surface area contributed by atoms with Crippen molar-refractivity contribution in [3.05, 3.63) is 71.9 Å². The zero-order valence-electron chi connectivity index (χ0n) is 13.2. The highest BCUT2D eigenvalue weighted by Gasteiger charge is 2.07. The number of carbonyl (C=O) groups is 2. The van der Waals surface area contributed by atoms with Gasteiger partial charge in [0.1, 0.15) is 0 Å². The Morgan fingerprint density at radius 3 is 2.71 bits per heavy atom. The van der Waals surface area contributed by atoms with Gasteiger partial charge in [-0.15, -0.1) is 0 Å². The summed E-state index contributed by atoms with van der Waals surface area (Å²) in [7, 11) is 0. The summed E-state index contributed by atoms with van der Waals surface area (Å²) in [5.74, 6) is -0.370. The van der Waals surface area contributed by atoms with Gasteiger partial charge < -0.3 is 10.6 Å². The molecule has 1 aromatic heterocycles. The number of nitrogens with zero attached hydrogens (tertiary/aromatic N) is 1. The fraction of sp³-hybridized carbons (Fsp3) is 0.105. The van der Waals surface area contributed by atoms with Gasteiger partial charge in [0.05, 0.1) is 5.52 Å². The normalized spacial score (nSPS) is 10.4. The Morgan fingerprint density at radius 2 is 1.88 bits per heavy atom. The first-order valence-electron chi connectivity index (χ1n) is 7.61. The first-order valence-corrected chi connectivity index (χ1v) is 7.61. The van der Waals surface area contributed by atoms with E-state index < -0.39 is 0 Å². The van der Waals surface area contributed by atoms with E-state index in [1.54, 1.807) is 30.5 Å². The molecular weight excluding hydrogens is 302 g/mol. The van der Waals surface area contributed by atoms with Gasteiger partial charge in [0.2, 0.25) is 5.91 Å². The number of para-hydroxylation sites is 1. The maximum Gasteiger partial charge on any atom is 0.251 e. The van der Waals surface area contributed by atoms with E-state index in [-0.39, 0.29) is 11.8 Å². The Bertz CT molecular complexity index is 906. The van der Waals surface area contributed by atoms with E-state index >= 15 is 0 Å². The van der Waals surface area contributed by atoms with Crippen LogP contribution in [0.3, 0.4) is 0 Å². The second-order valence-electron chi connectivity index (χ2n) is 5.48. The average Bonchev–Trinajstić information content (AvgIpc) is 2.59. The fourth-order valence-corrected chi connectivity index (χ4v) is 2.44. The number of carbonyl (C=O) groups excluding carboxylic acids is 2. The largest absolute Gasteiger partial charge is 0.348 e. The van der Waals surface area contributed by atoms with E-state index in [0.717, 1.165) is 16.5 Å². The van der Waals surface area contributed by atoms with Gasteiger partial charge in [-0.2, -0.15) is 0 Å². The fourth-order valence-electron chi connectivity index (χ4n) is 2.44. The van der Waals surface area contributed by atoms with Gasteiger partial charge in [0, 0.05) is 36.3 Å². The van der Waals surface area contributed by atoms with E-state index in [0.29, 0.717) is 17.8 Å². The Hall–Kier alpha value is -3.21. The lowest BCUT2D eigenvalue weighted by Gasteiger charge is -2.08. The van der Waals surface area contributed by atoms with Crippen LogP contribution in [-0.2, 0) is 11.3 Å². The quantitative estimate of drug-likeness (QED) is 0.776.